The molecule has 0 aromatic heterocycles. The summed E-state index contributed by atoms with van der Waals surface area (Å²) in [5.74, 6) is -0.420. The number of ether oxygens (including phenoxy) is 3. The topological polar surface area (TPSA) is 126 Å². The van der Waals surface area contributed by atoms with Crippen LogP contribution in [0.1, 0.15) is 53.9 Å². The number of hydrogen-bond donors (Lipinski definition) is 4. The molecule has 8 heteroatoms. The smallest absolute Gasteiger partial charge is 0.330 e. The molecule has 1 aliphatic heterocycles. The van der Waals surface area contributed by atoms with E-state index in [0.717, 1.165) is 0 Å². The van der Waals surface area contributed by atoms with Gasteiger partial charge in [-0.15, -0.1) is 0 Å². The minimum Gasteiger partial charge on any atom is -0.457 e. The molecule has 1 rings (SSSR count). The largest absolute Gasteiger partial charge is 0.457 e. The summed E-state index contributed by atoms with van der Waals surface area (Å²) in [6.07, 6.45) is -1.89. The van der Waals surface area contributed by atoms with Crippen LogP contribution in [0.3, 0.4) is 0 Å². The molecule has 1 heterocycles. The number of aliphatic hydroxyl groups is 4. The highest BCUT2D eigenvalue weighted by Crippen LogP contribution is 2.29. The molecule has 0 aliphatic carbocycles. The van der Waals surface area contributed by atoms with Gasteiger partial charge in [0.1, 0.15) is 23.9 Å². The monoisotopic (exact) mass is 390 g/mol. The highest BCUT2D eigenvalue weighted by Gasteiger charge is 2.45. The molecule has 1 fully saturated rings. The van der Waals surface area contributed by atoms with Gasteiger partial charge in [-0.05, 0) is 53.9 Å². The van der Waals surface area contributed by atoms with E-state index >= 15 is 0 Å². The summed E-state index contributed by atoms with van der Waals surface area (Å²) in [4.78, 5) is 11.6. The fraction of sp³-hybridized carbons (Fsp3) is 0.842. The van der Waals surface area contributed by atoms with E-state index in [1.807, 2.05) is 0 Å². The number of carbonyl (C=O) groups excluding carboxylic acids is 1. The quantitative estimate of drug-likeness (QED) is 0.352. The predicted molar refractivity (Wildman–Crippen MR) is 97.8 cm³/mol. The Balaban J connectivity index is 2.56. The Bertz CT molecular complexity index is 496. The normalized spacial score (nSPS) is 29.9. The maximum atomic E-state index is 11.6. The Hall–Kier alpha value is -1.03. The molecule has 158 valence electrons. The lowest BCUT2D eigenvalue weighted by Crippen LogP contribution is -2.59. The van der Waals surface area contributed by atoms with Gasteiger partial charge in [0, 0.05) is 12.7 Å². The lowest BCUT2D eigenvalue weighted by molar-refractivity contribution is -0.321. The van der Waals surface area contributed by atoms with Crippen LogP contribution in [0.4, 0.5) is 0 Å². The van der Waals surface area contributed by atoms with Crippen LogP contribution < -0.4 is 0 Å². The van der Waals surface area contributed by atoms with Crippen molar-refractivity contribution in [3.05, 3.63) is 12.2 Å². The van der Waals surface area contributed by atoms with Crippen LogP contribution in [0, 0.1) is 0 Å². The molecule has 0 bridgehead atoms. The number of esters is 1. The fourth-order valence-corrected chi connectivity index (χ4v) is 2.70. The van der Waals surface area contributed by atoms with Crippen LogP contribution in [0.15, 0.2) is 12.2 Å². The molecule has 0 amide bonds. The molecule has 4 N–H and O–H groups in total. The van der Waals surface area contributed by atoms with Crippen LogP contribution in [0.5, 0.6) is 0 Å². The standard InChI is InChI=1S/C19H34O8/c1-18(2,3)26-13(21)8-6-7-10-19(4,5)27-17-16(24)15(23)14(22)12(25-17)9-11-20/h6,8,12,14-17,20,22-24H,7,9-11H2,1-5H3/b8-6+/t12-,14-,15+,16-,17?/m1/s1. The summed E-state index contributed by atoms with van der Waals surface area (Å²) < 4.78 is 16.5. The van der Waals surface area contributed by atoms with Gasteiger partial charge in [0.2, 0.25) is 0 Å². The number of carbonyl (C=O) groups is 1. The van der Waals surface area contributed by atoms with Crippen LogP contribution in [-0.2, 0) is 19.0 Å². The molecule has 8 nitrogen and oxygen atoms in total. The van der Waals surface area contributed by atoms with Crippen molar-refractivity contribution in [2.24, 2.45) is 0 Å². The van der Waals surface area contributed by atoms with Crippen molar-refractivity contribution in [3.8, 4) is 0 Å². The average molecular weight is 390 g/mol. The first kappa shape index (κ1) is 24.0. The zero-order valence-corrected chi connectivity index (χ0v) is 16.8. The third kappa shape index (κ3) is 8.25. The van der Waals surface area contributed by atoms with Crippen LogP contribution in [0.25, 0.3) is 0 Å². The number of rotatable bonds is 8. The third-order valence-corrected chi connectivity index (χ3v) is 4.09. The SMILES string of the molecule is CC(C)(C)OC(=O)/C=C/CCC(C)(C)OC1O[C@H](CCO)[C@@H](O)[C@H](O)[C@H]1O. The maximum absolute atomic E-state index is 11.6. The zero-order valence-electron chi connectivity index (χ0n) is 16.8. The molecule has 1 saturated heterocycles. The molecule has 27 heavy (non-hydrogen) atoms. The lowest BCUT2D eigenvalue weighted by Gasteiger charge is -2.43. The number of hydrogen-bond acceptors (Lipinski definition) is 8. The van der Waals surface area contributed by atoms with E-state index in [0.29, 0.717) is 12.8 Å². The second kappa shape index (κ2) is 9.95. The summed E-state index contributed by atoms with van der Waals surface area (Å²) in [7, 11) is 0. The van der Waals surface area contributed by atoms with Gasteiger partial charge in [-0.3, -0.25) is 0 Å². The Labute approximate surface area is 160 Å². The first-order valence-corrected chi connectivity index (χ1v) is 9.24. The van der Waals surface area contributed by atoms with Crippen molar-refractivity contribution in [1.82, 2.24) is 0 Å². The highest BCUT2D eigenvalue weighted by atomic mass is 16.7. The van der Waals surface area contributed by atoms with Crippen molar-refractivity contribution >= 4 is 5.97 Å². The summed E-state index contributed by atoms with van der Waals surface area (Å²) in [6, 6.07) is 0. The van der Waals surface area contributed by atoms with E-state index in [-0.39, 0.29) is 13.0 Å². The maximum Gasteiger partial charge on any atom is 0.330 e. The van der Waals surface area contributed by atoms with E-state index < -0.39 is 47.9 Å². The second-order valence-corrected chi connectivity index (χ2v) is 8.38. The third-order valence-electron chi connectivity index (χ3n) is 4.09. The van der Waals surface area contributed by atoms with Crippen molar-refractivity contribution < 1.29 is 39.4 Å². The summed E-state index contributed by atoms with van der Waals surface area (Å²) in [5.41, 5.74) is -1.27. The van der Waals surface area contributed by atoms with E-state index in [2.05, 4.69) is 0 Å². The van der Waals surface area contributed by atoms with Gasteiger partial charge in [-0.25, -0.2) is 4.79 Å². The molecule has 1 unspecified atom stereocenters. The van der Waals surface area contributed by atoms with Crippen molar-refractivity contribution in [1.29, 1.82) is 0 Å². The summed E-state index contributed by atoms with van der Waals surface area (Å²) >= 11 is 0. The van der Waals surface area contributed by atoms with Crippen molar-refractivity contribution in [2.45, 2.75) is 95.8 Å². The van der Waals surface area contributed by atoms with Crippen molar-refractivity contribution in [2.75, 3.05) is 6.61 Å². The Kier molecular flexibility index (Phi) is 8.85. The van der Waals surface area contributed by atoms with E-state index in [1.54, 1.807) is 40.7 Å². The van der Waals surface area contributed by atoms with Crippen LogP contribution in [0.2, 0.25) is 0 Å². The Morgan fingerprint density at radius 2 is 1.70 bits per heavy atom. The van der Waals surface area contributed by atoms with Gasteiger partial charge >= 0.3 is 5.97 Å². The van der Waals surface area contributed by atoms with Crippen molar-refractivity contribution in [3.63, 3.8) is 0 Å². The molecular formula is C19H34O8. The lowest BCUT2D eigenvalue weighted by atomic mass is 9.96. The number of allylic oxidation sites excluding steroid dienone is 1. The fourth-order valence-electron chi connectivity index (χ4n) is 2.70. The van der Waals surface area contributed by atoms with E-state index in [1.165, 1.54) is 6.08 Å². The van der Waals surface area contributed by atoms with Gasteiger partial charge in [0.15, 0.2) is 6.29 Å². The molecule has 0 radical (unpaired) electrons. The van der Waals surface area contributed by atoms with Gasteiger partial charge in [-0.1, -0.05) is 6.08 Å². The molecule has 1 aliphatic rings. The molecule has 5 atom stereocenters. The van der Waals surface area contributed by atoms with Gasteiger partial charge in [0.25, 0.3) is 0 Å². The zero-order chi connectivity index (χ0) is 20.8. The van der Waals surface area contributed by atoms with E-state index in [4.69, 9.17) is 19.3 Å². The number of aliphatic hydroxyl groups excluding tert-OH is 4. The molecule has 0 aromatic carbocycles. The van der Waals surface area contributed by atoms with Crippen LogP contribution >= 0.6 is 0 Å². The second-order valence-electron chi connectivity index (χ2n) is 8.38. The molecule has 0 saturated carbocycles. The Morgan fingerprint density at radius 3 is 2.26 bits per heavy atom. The first-order chi connectivity index (χ1) is 12.4. The van der Waals surface area contributed by atoms with Crippen LogP contribution in [-0.4, -0.2) is 74.9 Å². The van der Waals surface area contributed by atoms with Gasteiger partial charge < -0.3 is 34.6 Å². The summed E-state index contributed by atoms with van der Waals surface area (Å²) in [5, 5.41) is 39.0. The summed E-state index contributed by atoms with van der Waals surface area (Å²) in [6.45, 7) is 8.74. The first-order valence-electron chi connectivity index (χ1n) is 9.24. The highest BCUT2D eigenvalue weighted by molar-refractivity contribution is 5.82. The minimum atomic E-state index is -1.43. The predicted octanol–water partition coefficient (Wildman–Crippen LogP) is 0.650. The molecular weight excluding hydrogens is 356 g/mol. The molecule has 0 aromatic rings. The van der Waals surface area contributed by atoms with Gasteiger partial charge in [0.05, 0.1) is 11.7 Å². The average Bonchev–Trinajstić information content (AvgIpc) is 2.52. The van der Waals surface area contributed by atoms with Gasteiger partial charge in [-0.2, -0.15) is 0 Å². The molecule has 0 spiro atoms. The Morgan fingerprint density at radius 1 is 1.07 bits per heavy atom. The minimum absolute atomic E-state index is 0.115. The van der Waals surface area contributed by atoms with E-state index in [9.17, 15) is 20.1 Å².